The maximum Gasteiger partial charge on any atom is 0.335 e. The third-order valence-corrected chi connectivity index (χ3v) is 19.3. The summed E-state index contributed by atoms with van der Waals surface area (Å²) in [6, 6.07) is 0. The first kappa shape index (κ1) is 51.4. The molecular formula is C48H76O19. The molecule has 7 fully saturated rings. The summed E-state index contributed by atoms with van der Waals surface area (Å²) in [5.74, 6) is -1.88. The van der Waals surface area contributed by atoms with Crippen LogP contribution in [0.2, 0.25) is 0 Å². The lowest BCUT2D eigenvalue weighted by molar-refractivity contribution is -0.363. The van der Waals surface area contributed by atoms with Crippen molar-refractivity contribution in [3.05, 3.63) is 11.6 Å². The summed E-state index contributed by atoms with van der Waals surface area (Å²) >= 11 is 0. The summed E-state index contributed by atoms with van der Waals surface area (Å²) in [5.41, 5.74) is -0.914. The summed E-state index contributed by atoms with van der Waals surface area (Å²) in [6.07, 6.45) is -16.3. The Morgan fingerprint density at radius 1 is 0.642 bits per heavy atom. The van der Waals surface area contributed by atoms with Crippen LogP contribution in [0.25, 0.3) is 0 Å². The first-order valence-corrected chi connectivity index (χ1v) is 24.3. The molecule has 0 radical (unpaired) electrons. The van der Waals surface area contributed by atoms with Crippen molar-refractivity contribution in [2.75, 3.05) is 13.2 Å². The number of fused-ring (bicyclic) bond motifs is 7. The van der Waals surface area contributed by atoms with E-state index in [1.54, 1.807) is 0 Å². The van der Waals surface area contributed by atoms with Gasteiger partial charge in [0.15, 0.2) is 18.7 Å². The summed E-state index contributed by atoms with van der Waals surface area (Å²) in [5, 5.41) is 115. The molecule has 3 aliphatic heterocycles. The number of aliphatic hydroxyl groups excluding tert-OH is 10. The number of aliphatic carboxylic acids is 1. The van der Waals surface area contributed by atoms with E-state index in [0.29, 0.717) is 25.7 Å². The molecule has 8 rings (SSSR count). The van der Waals surface area contributed by atoms with Crippen LogP contribution in [0.4, 0.5) is 0 Å². The lowest BCUT2D eigenvalue weighted by atomic mass is 9.33. The molecule has 19 heteroatoms. The molecule has 11 N–H and O–H groups in total. The fraction of sp³-hybridized carbons (Fsp3) is 0.917. The molecule has 0 aromatic carbocycles. The zero-order chi connectivity index (χ0) is 49.1. The number of carboxylic acids is 1. The highest BCUT2D eigenvalue weighted by Gasteiger charge is 2.70. The van der Waals surface area contributed by atoms with Crippen LogP contribution in [0, 0.1) is 50.2 Å². The SMILES string of the molecule is CC1(C)CC[C@]2(C(=O)O[C@@H]3O[C@H](CO)[C@@H](O)[C@H](O)[C@H]3O)CC[C@]3(C)C(=CC[C@@H]4[C@@]5(C)CC[C@H](O[C@@H]6O[C@H](C(=O)O)[C@@H](O[C@@H]7O[C@H](CO)[C@@H](O)[C@H](O)[C@H]7O)[C@H](O)[C@H]6O)C(C)(C)[C@@H]5CC[C@]43C)[C@@H]2C1. The molecule has 0 aromatic heterocycles. The van der Waals surface area contributed by atoms with E-state index in [1.807, 2.05) is 0 Å². The molecule has 19 nitrogen and oxygen atoms in total. The molecule has 67 heavy (non-hydrogen) atoms. The van der Waals surface area contributed by atoms with Crippen molar-refractivity contribution in [2.45, 2.75) is 211 Å². The third kappa shape index (κ3) is 8.06. The average Bonchev–Trinajstić information content (AvgIpc) is 3.26. The topological polar surface area (TPSA) is 312 Å². The standard InChI is InChI=1S/C48H76O19/c1-43(2)14-16-48(42(61)67-40-34(57)31(54)29(52)24(20-50)63-40)17-15-46(6)21(22(48)18-43)8-9-26-45(5)12-11-27(44(3,4)25(45)10-13-47(26,46)7)64-41-35(58)32(55)36(37(66-41)38(59)60)65-39-33(56)30(53)28(51)23(19-49)62-39/h8,22-37,39-41,49-58H,9-20H2,1-7H3,(H,59,60)/t22-,23+,24+,25-,26+,27-,28+,29+,30-,31-,32+,33+,34+,35+,36-,37-,39-,40-,41+,45-,46+,47+,48-/m0/s1. The number of hydrogen-bond acceptors (Lipinski definition) is 18. The van der Waals surface area contributed by atoms with Crippen molar-refractivity contribution in [3.63, 3.8) is 0 Å². The second kappa shape index (κ2) is 18.0. The minimum atomic E-state index is -1.91. The molecule has 0 unspecified atom stereocenters. The maximum atomic E-state index is 14.7. The Kier molecular flexibility index (Phi) is 13.8. The second-order valence-electron chi connectivity index (χ2n) is 23.5. The molecule has 5 aliphatic carbocycles. The van der Waals surface area contributed by atoms with Gasteiger partial charge in [-0.25, -0.2) is 4.79 Å². The fourth-order valence-corrected chi connectivity index (χ4v) is 15.0. The van der Waals surface area contributed by atoms with Gasteiger partial charge in [-0.2, -0.15) is 0 Å². The Morgan fingerprint density at radius 3 is 1.82 bits per heavy atom. The van der Waals surface area contributed by atoms with E-state index in [-0.39, 0.29) is 39.4 Å². The van der Waals surface area contributed by atoms with Gasteiger partial charge >= 0.3 is 11.9 Å². The van der Waals surface area contributed by atoms with Gasteiger partial charge in [-0.15, -0.1) is 0 Å². The molecule has 3 saturated heterocycles. The van der Waals surface area contributed by atoms with Gasteiger partial charge < -0.3 is 84.6 Å². The van der Waals surface area contributed by atoms with E-state index >= 15 is 0 Å². The number of rotatable bonds is 9. The van der Waals surface area contributed by atoms with Crippen LogP contribution < -0.4 is 0 Å². The van der Waals surface area contributed by atoms with Gasteiger partial charge in [-0.05, 0) is 109 Å². The number of carbonyl (C=O) groups excluding carboxylic acids is 1. The van der Waals surface area contributed by atoms with Gasteiger partial charge in [-0.1, -0.05) is 60.1 Å². The molecule has 0 aromatic rings. The van der Waals surface area contributed by atoms with Crippen LogP contribution >= 0.6 is 0 Å². The molecule has 4 saturated carbocycles. The highest BCUT2D eigenvalue weighted by molar-refractivity contribution is 5.79. The number of aliphatic hydroxyl groups is 10. The zero-order valence-corrected chi connectivity index (χ0v) is 39.7. The average molecular weight is 957 g/mol. The highest BCUT2D eigenvalue weighted by atomic mass is 16.7. The Hall–Kier alpha value is -1.92. The van der Waals surface area contributed by atoms with Crippen molar-refractivity contribution in [1.29, 1.82) is 0 Å². The molecular weight excluding hydrogens is 881 g/mol. The molecule has 0 amide bonds. The monoisotopic (exact) mass is 956 g/mol. The molecule has 0 bridgehead atoms. The smallest absolute Gasteiger partial charge is 0.335 e. The summed E-state index contributed by atoms with van der Waals surface area (Å²) in [7, 11) is 0. The number of esters is 1. The van der Waals surface area contributed by atoms with E-state index in [0.717, 1.165) is 38.5 Å². The van der Waals surface area contributed by atoms with Crippen molar-refractivity contribution in [1.82, 2.24) is 0 Å². The minimum absolute atomic E-state index is 0.0745. The number of allylic oxidation sites excluding steroid dienone is 2. The molecule has 0 spiro atoms. The van der Waals surface area contributed by atoms with Gasteiger partial charge in [0.2, 0.25) is 6.29 Å². The van der Waals surface area contributed by atoms with Gasteiger partial charge in [0.1, 0.15) is 67.1 Å². The lowest BCUT2D eigenvalue weighted by Crippen LogP contribution is -2.67. The van der Waals surface area contributed by atoms with Gasteiger partial charge in [0.05, 0.1) is 24.7 Å². The van der Waals surface area contributed by atoms with Crippen molar-refractivity contribution >= 4 is 11.9 Å². The fourth-order valence-electron chi connectivity index (χ4n) is 15.0. The largest absolute Gasteiger partial charge is 0.479 e. The molecule has 3 heterocycles. The van der Waals surface area contributed by atoms with E-state index < -0.39 is 134 Å². The quantitative estimate of drug-likeness (QED) is 0.0838. The van der Waals surface area contributed by atoms with Crippen LogP contribution in [0.1, 0.15) is 113 Å². The number of carboxylic acid groups (broad SMARTS) is 1. The Morgan fingerprint density at radius 2 is 1.21 bits per heavy atom. The van der Waals surface area contributed by atoms with Gasteiger partial charge in [0.25, 0.3) is 0 Å². The number of hydrogen-bond donors (Lipinski definition) is 11. The van der Waals surface area contributed by atoms with Crippen LogP contribution in [-0.4, -0.2) is 180 Å². The summed E-state index contributed by atoms with van der Waals surface area (Å²) in [4.78, 5) is 27.3. The molecule has 8 aliphatic rings. The van der Waals surface area contributed by atoms with Crippen molar-refractivity contribution < 1.29 is 94.2 Å². The number of ether oxygens (including phenoxy) is 6. The second-order valence-corrected chi connectivity index (χ2v) is 23.5. The van der Waals surface area contributed by atoms with Crippen LogP contribution in [0.5, 0.6) is 0 Å². The van der Waals surface area contributed by atoms with E-state index in [9.17, 15) is 65.8 Å². The number of carbonyl (C=O) groups is 2. The normalized spacial score (nSPS) is 52.6. The van der Waals surface area contributed by atoms with Gasteiger partial charge in [-0.3, -0.25) is 4.79 Å². The van der Waals surface area contributed by atoms with Crippen molar-refractivity contribution in [2.24, 2.45) is 50.2 Å². The van der Waals surface area contributed by atoms with E-state index in [2.05, 4.69) is 54.5 Å². The molecule has 382 valence electrons. The van der Waals surface area contributed by atoms with E-state index in [1.165, 1.54) is 5.57 Å². The van der Waals surface area contributed by atoms with Crippen molar-refractivity contribution in [3.8, 4) is 0 Å². The Labute approximate surface area is 391 Å². The highest BCUT2D eigenvalue weighted by Crippen LogP contribution is 2.76. The Bertz CT molecular complexity index is 1870. The predicted octanol–water partition coefficient (Wildman–Crippen LogP) is 0.233. The van der Waals surface area contributed by atoms with Crippen LogP contribution in [0.15, 0.2) is 11.6 Å². The maximum absolute atomic E-state index is 14.7. The van der Waals surface area contributed by atoms with Crippen LogP contribution in [-0.2, 0) is 38.0 Å². The zero-order valence-electron chi connectivity index (χ0n) is 39.7. The first-order chi connectivity index (χ1) is 31.2. The molecule has 23 atom stereocenters. The first-order valence-electron chi connectivity index (χ1n) is 24.3. The van der Waals surface area contributed by atoms with Gasteiger partial charge in [0, 0.05) is 0 Å². The summed E-state index contributed by atoms with van der Waals surface area (Å²) < 4.78 is 35.0. The Balaban J connectivity index is 1.01. The minimum Gasteiger partial charge on any atom is -0.479 e. The third-order valence-electron chi connectivity index (χ3n) is 19.3. The predicted molar refractivity (Wildman–Crippen MR) is 231 cm³/mol. The van der Waals surface area contributed by atoms with E-state index in [4.69, 9.17) is 28.4 Å². The lowest BCUT2D eigenvalue weighted by Gasteiger charge is -2.71. The summed E-state index contributed by atoms with van der Waals surface area (Å²) in [6.45, 7) is 14.4. The van der Waals surface area contributed by atoms with Crippen LogP contribution in [0.3, 0.4) is 0 Å².